The van der Waals surface area contributed by atoms with Gasteiger partial charge in [0.15, 0.2) is 0 Å². The molecule has 0 aliphatic heterocycles. The third-order valence-corrected chi connectivity index (χ3v) is 4.90. The zero-order chi connectivity index (χ0) is 12.6. The van der Waals surface area contributed by atoms with E-state index in [4.69, 9.17) is 11.6 Å². The number of rotatable bonds is 2. The van der Waals surface area contributed by atoms with Crippen molar-refractivity contribution in [3.63, 3.8) is 0 Å². The number of carbonyl (C=O) groups excluding carboxylic acids is 1. The van der Waals surface area contributed by atoms with E-state index in [0.29, 0.717) is 15.5 Å². The van der Waals surface area contributed by atoms with Crippen LogP contribution in [0.15, 0.2) is 28.7 Å². The van der Waals surface area contributed by atoms with Crippen molar-refractivity contribution in [1.82, 2.24) is 0 Å². The number of aryl methyl sites for hydroxylation is 2. The minimum absolute atomic E-state index is 0.0196. The number of ketones is 1. The molecule has 1 aromatic carbocycles. The van der Waals surface area contributed by atoms with Crippen molar-refractivity contribution in [2.45, 2.75) is 13.8 Å². The second-order valence-electron chi connectivity index (χ2n) is 3.83. The van der Waals surface area contributed by atoms with Gasteiger partial charge in [-0.1, -0.05) is 17.7 Å². The molecule has 0 spiro atoms. The molecule has 88 valence electrons. The number of thiophene rings is 1. The van der Waals surface area contributed by atoms with Gasteiger partial charge in [-0.15, -0.1) is 11.3 Å². The Hall–Kier alpha value is -0.640. The first kappa shape index (κ1) is 12.8. The molecule has 1 aromatic heterocycles. The number of hydrogen-bond acceptors (Lipinski definition) is 2. The van der Waals surface area contributed by atoms with Gasteiger partial charge < -0.3 is 0 Å². The van der Waals surface area contributed by atoms with Crippen LogP contribution in [-0.2, 0) is 0 Å². The molecule has 0 aliphatic rings. The molecule has 1 heterocycles. The minimum Gasteiger partial charge on any atom is -0.288 e. The van der Waals surface area contributed by atoms with Crippen LogP contribution in [0, 0.1) is 13.8 Å². The molecule has 0 fully saturated rings. The average Bonchev–Trinajstić information content (AvgIpc) is 2.58. The molecule has 0 saturated heterocycles. The van der Waals surface area contributed by atoms with Crippen molar-refractivity contribution in [3.05, 3.63) is 54.6 Å². The molecule has 0 unspecified atom stereocenters. The molecular formula is C13H10BrClOS. The van der Waals surface area contributed by atoms with Gasteiger partial charge in [0, 0.05) is 14.9 Å². The van der Waals surface area contributed by atoms with Crippen molar-refractivity contribution in [2.75, 3.05) is 0 Å². The van der Waals surface area contributed by atoms with E-state index in [-0.39, 0.29) is 5.78 Å². The van der Waals surface area contributed by atoms with Crippen LogP contribution in [0.2, 0.25) is 5.02 Å². The predicted molar refractivity (Wildman–Crippen MR) is 76.4 cm³/mol. The molecule has 0 saturated carbocycles. The zero-order valence-corrected chi connectivity index (χ0v) is 12.5. The molecule has 2 aromatic rings. The van der Waals surface area contributed by atoms with Gasteiger partial charge in [-0.25, -0.2) is 0 Å². The summed E-state index contributed by atoms with van der Waals surface area (Å²) in [4.78, 5) is 14.1. The molecular weight excluding hydrogens is 320 g/mol. The molecule has 2 rings (SSSR count). The summed E-state index contributed by atoms with van der Waals surface area (Å²) >= 11 is 11.0. The molecule has 0 atom stereocenters. The Bertz CT molecular complexity index is 570. The highest BCUT2D eigenvalue weighted by Gasteiger charge is 2.16. The normalized spacial score (nSPS) is 10.6. The van der Waals surface area contributed by atoms with Crippen molar-refractivity contribution in [2.24, 2.45) is 0 Å². The van der Waals surface area contributed by atoms with Gasteiger partial charge in [0.1, 0.15) is 0 Å². The number of hydrogen-bond donors (Lipinski definition) is 0. The van der Waals surface area contributed by atoms with E-state index in [0.717, 1.165) is 14.9 Å². The monoisotopic (exact) mass is 328 g/mol. The van der Waals surface area contributed by atoms with Crippen LogP contribution < -0.4 is 0 Å². The Morgan fingerprint density at radius 1 is 1.29 bits per heavy atom. The minimum atomic E-state index is -0.0196. The van der Waals surface area contributed by atoms with Gasteiger partial charge in [-0.3, -0.25) is 4.79 Å². The molecule has 1 nitrogen and oxygen atoms in total. The second kappa shape index (κ2) is 4.92. The topological polar surface area (TPSA) is 17.1 Å². The third-order valence-electron chi connectivity index (χ3n) is 2.45. The first-order valence-electron chi connectivity index (χ1n) is 5.06. The van der Waals surface area contributed by atoms with E-state index >= 15 is 0 Å². The highest BCUT2D eigenvalue weighted by atomic mass is 79.9. The van der Waals surface area contributed by atoms with E-state index in [2.05, 4.69) is 15.9 Å². The fourth-order valence-corrected chi connectivity index (χ4v) is 3.32. The van der Waals surface area contributed by atoms with E-state index in [1.54, 1.807) is 6.07 Å². The maximum absolute atomic E-state index is 12.2. The summed E-state index contributed by atoms with van der Waals surface area (Å²) in [6, 6.07) is 7.33. The Labute approximate surface area is 118 Å². The summed E-state index contributed by atoms with van der Waals surface area (Å²) in [5, 5.41) is 0.511. The van der Waals surface area contributed by atoms with Crippen molar-refractivity contribution in [1.29, 1.82) is 0 Å². The van der Waals surface area contributed by atoms with E-state index < -0.39 is 0 Å². The summed E-state index contributed by atoms with van der Waals surface area (Å²) in [7, 11) is 0. The summed E-state index contributed by atoms with van der Waals surface area (Å²) in [5.41, 5.74) is 1.61. The van der Waals surface area contributed by atoms with Crippen LogP contribution in [0.3, 0.4) is 0 Å². The molecule has 0 amide bonds. The Morgan fingerprint density at radius 2 is 2.00 bits per heavy atom. The van der Waals surface area contributed by atoms with Crippen molar-refractivity contribution in [3.8, 4) is 0 Å². The predicted octanol–water partition coefficient (Wildman–Crippen LogP) is 5.01. The third kappa shape index (κ3) is 2.62. The first-order valence-corrected chi connectivity index (χ1v) is 7.04. The van der Waals surface area contributed by atoms with Gasteiger partial charge in [-0.05, 0) is 53.5 Å². The largest absolute Gasteiger partial charge is 0.288 e. The van der Waals surface area contributed by atoms with Gasteiger partial charge in [-0.2, -0.15) is 0 Å². The highest BCUT2D eigenvalue weighted by molar-refractivity contribution is 9.10. The summed E-state index contributed by atoms with van der Waals surface area (Å²) in [5.74, 6) is -0.0196. The maximum Gasteiger partial charge on any atom is 0.204 e. The molecule has 0 aliphatic carbocycles. The molecule has 17 heavy (non-hydrogen) atoms. The highest BCUT2D eigenvalue weighted by Crippen LogP contribution is 2.30. The van der Waals surface area contributed by atoms with Crippen LogP contribution >= 0.6 is 38.9 Å². The quantitative estimate of drug-likeness (QED) is 0.708. The molecule has 4 heteroatoms. The maximum atomic E-state index is 12.2. The van der Waals surface area contributed by atoms with Crippen LogP contribution in [0.4, 0.5) is 0 Å². The zero-order valence-electron chi connectivity index (χ0n) is 9.38. The number of carbonyl (C=O) groups is 1. The lowest BCUT2D eigenvalue weighted by Gasteiger charge is -2.02. The Kier molecular flexibility index (Phi) is 3.71. The smallest absolute Gasteiger partial charge is 0.204 e. The standard InChI is InChI=1S/C13H10BrClOS/c1-7-3-4-9(11(15)5-7)13(16)12-6-10(14)8(2)17-12/h3-6H,1-2H3. The van der Waals surface area contributed by atoms with Crippen LogP contribution in [0.25, 0.3) is 0 Å². The SMILES string of the molecule is Cc1ccc(C(=O)c2cc(Br)c(C)s2)c(Cl)c1. The van der Waals surface area contributed by atoms with Crippen molar-refractivity contribution < 1.29 is 4.79 Å². The van der Waals surface area contributed by atoms with Gasteiger partial charge in [0.25, 0.3) is 0 Å². The summed E-state index contributed by atoms with van der Waals surface area (Å²) < 4.78 is 0.967. The van der Waals surface area contributed by atoms with E-state index in [1.165, 1.54) is 11.3 Å². The number of halogens is 2. The van der Waals surface area contributed by atoms with E-state index in [1.807, 2.05) is 32.0 Å². The summed E-state index contributed by atoms with van der Waals surface area (Å²) in [6.45, 7) is 3.92. The summed E-state index contributed by atoms with van der Waals surface area (Å²) in [6.07, 6.45) is 0. The molecule has 0 bridgehead atoms. The lowest BCUT2D eigenvalue weighted by atomic mass is 10.1. The molecule has 0 radical (unpaired) electrons. The van der Waals surface area contributed by atoms with Gasteiger partial charge in [0.05, 0.1) is 9.90 Å². The fourth-order valence-electron chi connectivity index (χ4n) is 1.51. The van der Waals surface area contributed by atoms with Gasteiger partial charge >= 0.3 is 0 Å². The van der Waals surface area contributed by atoms with Gasteiger partial charge in [0.2, 0.25) is 5.78 Å². The Balaban J connectivity index is 2.43. The van der Waals surface area contributed by atoms with E-state index in [9.17, 15) is 4.79 Å². The van der Waals surface area contributed by atoms with Crippen molar-refractivity contribution >= 4 is 44.7 Å². The van der Waals surface area contributed by atoms with Crippen LogP contribution in [0.5, 0.6) is 0 Å². The first-order chi connectivity index (χ1) is 7.99. The number of benzene rings is 1. The second-order valence-corrected chi connectivity index (χ2v) is 6.35. The molecule has 0 N–H and O–H groups in total. The average molecular weight is 330 g/mol. The van der Waals surface area contributed by atoms with Crippen LogP contribution in [0.1, 0.15) is 25.7 Å². The van der Waals surface area contributed by atoms with Crippen LogP contribution in [-0.4, -0.2) is 5.78 Å². The lowest BCUT2D eigenvalue weighted by Crippen LogP contribution is -1.99. The fraction of sp³-hybridized carbons (Fsp3) is 0.154. The Morgan fingerprint density at radius 3 is 2.53 bits per heavy atom. The lowest BCUT2D eigenvalue weighted by molar-refractivity contribution is 0.104.